The lowest BCUT2D eigenvalue weighted by molar-refractivity contribution is 0.0954. The number of nitrogens with one attached hydrogen (secondary N) is 1. The molecule has 0 bridgehead atoms. The molecule has 5 nitrogen and oxygen atoms in total. The standard InChI is InChI=1S/C12H11ClIN3O2/c1-7-16-11(17-19-7)4-5-15-12(18)8-2-3-10(14)9(13)6-8/h2-3,6H,4-5H2,1H3,(H,15,18). The third-order valence-electron chi connectivity index (χ3n) is 2.39. The summed E-state index contributed by atoms with van der Waals surface area (Å²) in [5.74, 6) is 0.933. The summed E-state index contributed by atoms with van der Waals surface area (Å²) in [6, 6.07) is 5.19. The Balaban J connectivity index is 1.89. The van der Waals surface area contributed by atoms with Gasteiger partial charge in [0.25, 0.3) is 5.91 Å². The van der Waals surface area contributed by atoms with E-state index in [-0.39, 0.29) is 5.91 Å². The molecule has 1 aromatic carbocycles. The number of hydrogen-bond acceptors (Lipinski definition) is 4. The van der Waals surface area contributed by atoms with E-state index in [1.165, 1.54) is 0 Å². The zero-order chi connectivity index (χ0) is 13.8. The third-order valence-corrected chi connectivity index (χ3v) is 3.96. The van der Waals surface area contributed by atoms with Crippen LogP contribution in [0.3, 0.4) is 0 Å². The third kappa shape index (κ3) is 3.90. The first-order valence-electron chi connectivity index (χ1n) is 5.58. The molecule has 0 radical (unpaired) electrons. The molecule has 0 aliphatic rings. The van der Waals surface area contributed by atoms with Crippen LogP contribution in [0.1, 0.15) is 22.1 Å². The second kappa shape index (κ2) is 6.33. The minimum Gasteiger partial charge on any atom is -0.352 e. The van der Waals surface area contributed by atoms with Gasteiger partial charge in [0.1, 0.15) is 0 Å². The van der Waals surface area contributed by atoms with Crippen molar-refractivity contribution in [2.24, 2.45) is 0 Å². The van der Waals surface area contributed by atoms with E-state index in [1.807, 2.05) is 0 Å². The molecule has 0 unspecified atom stereocenters. The van der Waals surface area contributed by atoms with Gasteiger partial charge in [-0.05, 0) is 40.8 Å². The van der Waals surface area contributed by atoms with Gasteiger partial charge in [-0.1, -0.05) is 16.8 Å². The summed E-state index contributed by atoms with van der Waals surface area (Å²) >= 11 is 8.08. The van der Waals surface area contributed by atoms with Crippen LogP contribution in [0.15, 0.2) is 22.7 Å². The first-order valence-corrected chi connectivity index (χ1v) is 7.04. The van der Waals surface area contributed by atoms with Gasteiger partial charge < -0.3 is 9.84 Å². The van der Waals surface area contributed by atoms with Crippen molar-refractivity contribution in [2.75, 3.05) is 6.54 Å². The summed E-state index contributed by atoms with van der Waals surface area (Å²) in [5.41, 5.74) is 0.537. The number of carbonyl (C=O) groups excluding carboxylic acids is 1. The van der Waals surface area contributed by atoms with E-state index in [9.17, 15) is 4.79 Å². The fraction of sp³-hybridized carbons (Fsp3) is 0.250. The normalized spacial score (nSPS) is 10.5. The molecule has 0 saturated heterocycles. The molecule has 2 aromatic rings. The summed E-state index contributed by atoms with van der Waals surface area (Å²) < 4.78 is 5.76. The molecule has 0 atom stereocenters. The topological polar surface area (TPSA) is 68.0 Å². The Morgan fingerprint density at radius 1 is 1.53 bits per heavy atom. The lowest BCUT2D eigenvalue weighted by atomic mass is 10.2. The Morgan fingerprint density at radius 2 is 2.32 bits per heavy atom. The number of halogens is 2. The zero-order valence-electron chi connectivity index (χ0n) is 10.1. The van der Waals surface area contributed by atoms with Crippen molar-refractivity contribution in [2.45, 2.75) is 13.3 Å². The molecule has 1 amide bonds. The molecule has 100 valence electrons. The van der Waals surface area contributed by atoms with Crippen LogP contribution >= 0.6 is 34.2 Å². The Kier molecular flexibility index (Phi) is 4.76. The highest BCUT2D eigenvalue weighted by molar-refractivity contribution is 14.1. The van der Waals surface area contributed by atoms with E-state index < -0.39 is 0 Å². The predicted octanol–water partition coefficient (Wildman–Crippen LogP) is 2.61. The number of rotatable bonds is 4. The molecular weight excluding hydrogens is 381 g/mol. The van der Waals surface area contributed by atoms with Crippen LogP contribution in [-0.2, 0) is 6.42 Å². The molecule has 1 N–H and O–H groups in total. The number of carbonyl (C=O) groups is 1. The van der Waals surface area contributed by atoms with Crippen LogP contribution in [0.5, 0.6) is 0 Å². The monoisotopic (exact) mass is 391 g/mol. The van der Waals surface area contributed by atoms with Crippen molar-refractivity contribution < 1.29 is 9.32 Å². The van der Waals surface area contributed by atoms with E-state index in [4.69, 9.17) is 16.1 Å². The highest BCUT2D eigenvalue weighted by Gasteiger charge is 2.08. The van der Waals surface area contributed by atoms with Gasteiger partial charge in [0, 0.05) is 29.0 Å². The molecule has 2 rings (SSSR count). The maximum absolute atomic E-state index is 11.9. The van der Waals surface area contributed by atoms with Gasteiger partial charge in [-0.2, -0.15) is 4.98 Å². The van der Waals surface area contributed by atoms with Crippen LogP contribution in [0.25, 0.3) is 0 Å². The number of hydrogen-bond donors (Lipinski definition) is 1. The first kappa shape index (κ1) is 14.3. The minimum absolute atomic E-state index is 0.168. The van der Waals surface area contributed by atoms with Crippen molar-refractivity contribution in [3.63, 3.8) is 0 Å². The molecule has 0 saturated carbocycles. The average Bonchev–Trinajstić information content (AvgIpc) is 2.78. The summed E-state index contributed by atoms with van der Waals surface area (Å²) in [4.78, 5) is 15.9. The first-order chi connectivity index (χ1) is 9.06. The van der Waals surface area contributed by atoms with Crippen LogP contribution in [0, 0.1) is 10.5 Å². The van der Waals surface area contributed by atoms with E-state index in [2.05, 4.69) is 38.0 Å². The van der Waals surface area contributed by atoms with Gasteiger partial charge in [-0.3, -0.25) is 4.79 Å². The fourth-order valence-electron chi connectivity index (χ4n) is 1.47. The Bertz CT molecular complexity index is 600. The lowest BCUT2D eigenvalue weighted by Gasteiger charge is -2.04. The molecule has 0 aliphatic heterocycles. The number of nitrogens with zero attached hydrogens (tertiary/aromatic N) is 2. The quantitative estimate of drug-likeness (QED) is 0.814. The van der Waals surface area contributed by atoms with E-state index in [0.717, 1.165) is 3.57 Å². The van der Waals surface area contributed by atoms with Gasteiger partial charge in [0.05, 0.1) is 5.02 Å². The van der Waals surface area contributed by atoms with Crippen molar-refractivity contribution in [3.8, 4) is 0 Å². The molecule has 7 heteroatoms. The van der Waals surface area contributed by atoms with Gasteiger partial charge >= 0.3 is 0 Å². The number of benzene rings is 1. The highest BCUT2D eigenvalue weighted by Crippen LogP contribution is 2.19. The predicted molar refractivity (Wildman–Crippen MR) is 79.2 cm³/mol. The largest absolute Gasteiger partial charge is 0.352 e. The van der Waals surface area contributed by atoms with Gasteiger partial charge in [-0.15, -0.1) is 0 Å². The molecule has 0 aliphatic carbocycles. The smallest absolute Gasteiger partial charge is 0.251 e. The van der Waals surface area contributed by atoms with Crippen molar-refractivity contribution in [3.05, 3.63) is 44.1 Å². The number of amides is 1. The summed E-state index contributed by atoms with van der Waals surface area (Å²) in [5, 5.41) is 7.10. The van der Waals surface area contributed by atoms with E-state index in [0.29, 0.717) is 35.3 Å². The van der Waals surface area contributed by atoms with Crippen molar-refractivity contribution >= 4 is 40.1 Å². The fourth-order valence-corrected chi connectivity index (χ4v) is 1.99. The SMILES string of the molecule is Cc1nc(CCNC(=O)c2ccc(I)c(Cl)c2)no1. The summed E-state index contributed by atoms with van der Waals surface area (Å²) in [6.45, 7) is 2.17. The van der Waals surface area contributed by atoms with E-state index >= 15 is 0 Å². The average molecular weight is 392 g/mol. The maximum atomic E-state index is 11.9. The molecule has 1 heterocycles. The number of aromatic nitrogens is 2. The molecule has 0 fully saturated rings. The maximum Gasteiger partial charge on any atom is 0.251 e. The highest BCUT2D eigenvalue weighted by atomic mass is 127. The zero-order valence-corrected chi connectivity index (χ0v) is 13.0. The van der Waals surface area contributed by atoms with Crippen molar-refractivity contribution in [1.82, 2.24) is 15.5 Å². The summed E-state index contributed by atoms with van der Waals surface area (Å²) in [6.07, 6.45) is 0.529. The Labute approximate surface area is 128 Å². The Hall–Kier alpha value is -1.15. The summed E-state index contributed by atoms with van der Waals surface area (Å²) in [7, 11) is 0. The van der Waals surface area contributed by atoms with Crippen molar-refractivity contribution in [1.29, 1.82) is 0 Å². The Morgan fingerprint density at radius 3 is 2.95 bits per heavy atom. The number of aryl methyl sites for hydroxylation is 1. The minimum atomic E-state index is -0.168. The van der Waals surface area contributed by atoms with Gasteiger partial charge in [-0.25, -0.2) is 0 Å². The van der Waals surface area contributed by atoms with Crippen LogP contribution in [0.2, 0.25) is 5.02 Å². The second-order valence-corrected chi connectivity index (χ2v) is 5.43. The van der Waals surface area contributed by atoms with Gasteiger partial charge in [0.15, 0.2) is 5.82 Å². The van der Waals surface area contributed by atoms with Crippen LogP contribution in [-0.4, -0.2) is 22.6 Å². The molecular formula is C12H11ClIN3O2. The van der Waals surface area contributed by atoms with E-state index in [1.54, 1.807) is 25.1 Å². The van der Waals surface area contributed by atoms with Gasteiger partial charge in [0.2, 0.25) is 5.89 Å². The molecule has 0 spiro atoms. The molecule has 1 aromatic heterocycles. The molecule has 19 heavy (non-hydrogen) atoms. The van der Waals surface area contributed by atoms with Crippen LogP contribution in [0.4, 0.5) is 0 Å². The van der Waals surface area contributed by atoms with Crippen LogP contribution < -0.4 is 5.32 Å². The lowest BCUT2D eigenvalue weighted by Crippen LogP contribution is -2.26. The second-order valence-electron chi connectivity index (χ2n) is 3.86.